The van der Waals surface area contributed by atoms with Crippen molar-refractivity contribution in [2.45, 2.75) is 13.0 Å². The average Bonchev–Trinajstić information content (AvgIpc) is 2.93. The molecule has 29 heavy (non-hydrogen) atoms. The Bertz CT molecular complexity index is 1010. The van der Waals surface area contributed by atoms with Crippen molar-refractivity contribution in [3.63, 3.8) is 0 Å². The third kappa shape index (κ3) is 5.60. The molecule has 0 bridgehead atoms. The maximum atomic E-state index is 12.6. The molecule has 1 heterocycles. The molecule has 5 nitrogen and oxygen atoms in total. The van der Waals surface area contributed by atoms with Crippen molar-refractivity contribution in [2.24, 2.45) is 0 Å². The molecule has 1 fully saturated rings. The van der Waals surface area contributed by atoms with Crippen LogP contribution in [0.4, 0.5) is 0 Å². The number of hydrogen-bond acceptors (Lipinski definition) is 5. The number of carboxylic acids is 1. The van der Waals surface area contributed by atoms with Gasteiger partial charge in [-0.3, -0.25) is 14.5 Å². The summed E-state index contributed by atoms with van der Waals surface area (Å²) in [6.07, 6.45) is 1.54. The van der Waals surface area contributed by atoms with E-state index in [2.05, 4.69) is 15.9 Å². The Morgan fingerprint density at radius 2 is 2.07 bits per heavy atom. The number of nitrogens with zero attached hydrogens (tertiary/aromatic N) is 1. The molecule has 1 aliphatic heterocycles. The van der Waals surface area contributed by atoms with Crippen LogP contribution in [0.1, 0.15) is 17.5 Å². The van der Waals surface area contributed by atoms with Crippen molar-refractivity contribution in [3.8, 4) is 5.75 Å². The highest BCUT2D eigenvalue weighted by Gasteiger charge is 2.32. The van der Waals surface area contributed by atoms with E-state index in [-0.39, 0.29) is 25.5 Å². The van der Waals surface area contributed by atoms with E-state index in [1.165, 1.54) is 4.90 Å². The first-order valence-corrected chi connectivity index (χ1v) is 10.9. The summed E-state index contributed by atoms with van der Waals surface area (Å²) in [5.74, 6) is -0.701. The number of halogens is 2. The number of aliphatic carboxylic acids is 1. The van der Waals surface area contributed by atoms with Gasteiger partial charge >= 0.3 is 5.97 Å². The Morgan fingerprint density at radius 1 is 1.31 bits per heavy atom. The molecular weight excluding hydrogens is 498 g/mol. The van der Waals surface area contributed by atoms with Gasteiger partial charge < -0.3 is 9.84 Å². The second kappa shape index (κ2) is 9.75. The number of ether oxygens (including phenoxy) is 1. The normalized spacial score (nSPS) is 15.2. The summed E-state index contributed by atoms with van der Waals surface area (Å²) in [6, 6.07) is 12.9. The molecule has 0 aromatic heterocycles. The number of thioether (sulfide) groups is 1. The first-order chi connectivity index (χ1) is 13.8. The van der Waals surface area contributed by atoms with Gasteiger partial charge in [-0.2, -0.15) is 0 Å². The van der Waals surface area contributed by atoms with Crippen LogP contribution in [0.3, 0.4) is 0 Å². The summed E-state index contributed by atoms with van der Waals surface area (Å²) in [4.78, 5) is 25.2. The molecule has 3 rings (SSSR count). The minimum Gasteiger partial charge on any atom is -0.488 e. The van der Waals surface area contributed by atoms with Gasteiger partial charge in [0.25, 0.3) is 5.91 Å². The molecule has 1 aliphatic rings. The van der Waals surface area contributed by atoms with Crippen LogP contribution < -0.4 is 4.74 Å². The van der Waals surface area contributed by atoms with E-state index in [4.69, 9.17) is 33.7 Å². The Balaban J connectivity index is 1.82. The number of carbonyl (C=O) groups is 2. The van der Waals surface area contributed by atoms with Crippen LogP contribution in [0.2, 0.25) is 5.02 Å². The first kappa shape index (κ1) is 21.8. The van der Waals surface area contributed by atoms with E-state index in [1.54, 1.807) is 18.2 Å². The van der Waals surface area contributed by atoms with Crippen molar-refractivity contribution < 1.29 is 19.4 Å². The standard InChI is InChI=1S/C20H15BrClNO4S2/c21-14-5-6-16(27-11-12-3-1-2-4-15(12)22)13(9-14)10-17-19(26)23(20(28)29-17)8-7-18(24)25/h1-6,9-10H,7-8,11H2,(H,24,25)/b17-10+. The molecule has 0 spiro atoms. The van der Waals surface area contributed by atoms with E-state index in [9.17, 15) is 9.59 Å². The lowest BCUT2D eigenvalue weighted by atomic mass is 10.1. The van der Waals surface area contributed by atoms with Crippen molar-refractivity contribution in [1.29, 1.82) is 0 Å². The SMILES string of the molecule is O=C(O)CCN1C(=O)/C(=C\c2cc(Br)ccc2OCc2ccccc2Cl)SC1=S. The third-order valence-corrected chi connectivity index (χ3v) is 6.26. The predicted molar refractivity (Wildman–Crippen MR) is 122 cm³/mol. The zero-order chi connectivity index (χ0) is 21.0. The van der Waals surface area contributed by atoms with Gasteiger partial charge in [0.05, 0.1) is 11.3 Å². The van der Waals surface area contributed by atoms with E-state index >= 15 is 0 Å². The van der Waals surface area contributed by atoms with E-state index < -0.39 is 5.97 Å². The molecule has 9 heteroatoms. The monoisotopic (exact) mass is 511 g/mol. The fraction of sp³-hybridized carbons (Fsp3) is 0.150. The van der Waals surface area contributed by atoms with Crippen LogP contribution in [0.25, 0.3) is 6.08 Å². The number of benzene rings is 2. The topological polar surface area (TPSA) is 66.8 Å². The van der Waals surface area contributed by atoms with Gasteiger partial charge in [-0.1, -0.05) is 69.7 Å². The van der Waals surface area contributed by atoms with Crippen molar-refractivity contribution in [3.05, 3.63) is 68.0 Å². The van der Waals surface area contributed by atoms with Crippen LogP contribution in [0.5, 0.6) is 5.75 Å². The van der Waals surface area contributed by atoms with Gasteiger partial charge in [-0.25, -0.2) is 0 Å². The summed E-state index contributed by atoms with van der Waals surface area (Å²) in [5.41, 5.74) is 1.55. The van der Waals surface area contributed by atoms with Crippen molar-refractivity contribution in [1.82, 2.24) is 4.90 Å². The molecule has 2 aromatic rings. The number of hydrogen-bond donors (Lipinski definition) is 1. The number of amides is 1. The predicted octanol–water partition coefficient (Wildman–Crippen LogP) is 5.36. The molecule has 0 saturated carbocycles. The van der Waals surface area contributed by atoms with Gasteiger partial charge in [0.15, 0.2) is 0 Å². The van der Waals surface area contributed by atoms with Gasteiger partial charge in [-0.15, -0.1) is 0 Å². The highest BCUT2D eigenvalue weighted by molar-refractivity contribution is 9.10. The number of rotatable bonds is 7. The maximum absolute atomic E-state index is 12.6. The van der Waals surface area contributed by atoms with E-state index in [1.807, 2.05) is 30.3 Å². The number of thiocarbonyl (C=S) groups is 1. The average molecular weight is 513 g/mol. The second-order valence-electron chi connectivity index (χ2n) is 6.04. The zero-order valence-electron chi connectivity index (χ0n) is 14.9. The van der Waals surface area contributed by atoms with Crippen LogP contribution in [0.15, 0.2) is 51.8 Å². The van der Waals surface area contributed by atoms with Crippen LogP contribution >= 0.6 is 51.5 Å². The quantitative estimate of drug-likeness (QED) is 0.398. The molecule has 0 aliphatic carbocycles. The zero-order valence-corrected chi connectivity index (χ0v) is 18.9. The van der Waals surface area contributed by atoms with E-state index in [0.29, 0.717) is 25.6 Å². The largest absolute Gasteiger partial charge is 0.488 e. The summed E-state index contributed by atoms with van der Waals surface area (Å²) in [7, 11) is 0. The molecule has 1 saturated heterocycles. The molecule has 2 aromatic carbocycles. The molecule has 1 amide bonds. The number of carboxylic acid groups (broad SMARTS) is 1. The molecular formula is C20H15BrClNO4S2. The minimum atomic E-state index is -0.981. The molecule has 0 unspecified atom stereocenters. The molecule has 150 valence electrons. The Kier molecular flexibility index (Phi) is 7.34. The van der Waals surface area contributed by atoms with Crippen LogP contribution in [-0.4, -0.2) is 32.7 Å². The third-order valence-electron chi connectivity index (χ3n) is 4.02. The lowest BCUT2D eigenvalue weighted by Crippen LogP contribution is -2.30. The lowest BCUT2D eigenvalue weighted by molar-refractivity contribution is -0.137. The first-order valence-electron chi connectivity index (χ1n) is 8.48. The highest BCUT2D eigenvalue weighted by atomic mass is 79.9. The molecule has 1 N–H and O–H groups in total. The Labute approximate surface area is 190 Å². The van der Waals surface area contributed by atoms with Crippen LogP contribution in [-0.2, 0) is 16.2 Å². The van der Waals surface area contributed by atoms with Crippen molar-refractivity contribution >= 4 is 73.8 Å². The highest BCUT2D eigenvalue weighted by Crippen LogP contribution is 2.35. The number of carbonyl (C=O) groups excluding carboxylic acids is 1. The molecule has 0 atom stereocenters. The van der Waals surface area contributed by atoms with Crippen molar-refractivity contribution in [2.75, 3.05) is 6.54 Å². The maximum Gasteiger partial charge on any atom is 0.305 e. The van der Waals surface area contributed by atoms with Gasteiger partial charge in [0.2, 0.25) is 0 Å². The van der Waals surface area contributed by atoms with Gasteiger partial charge in [-0.05, 0) is 30.3 Å². The fourth-order valence-electron chi connectivity index (χ4n) is 2.58. The summed E-state index contributed by atoms with van der Waals surface area (Å²) < 4.78 is 7.12. The fourth-order valence-corrected chi connectivity index (χ4v) is 4.44. The Hall–Kier alpha value is -1.87. The van der Waals surface area contributed by atoms with E-state index in [0.717, 1.165) is 21.8 Å². The second-order valence-corrected chi connectivity index (χ2v) is 9.04. The summed E-state index contributed by atoms with van der Waals surface area (Å²) in [6.45, 7) is 0.327. The van der Waals surface area contributed by atoms with Gasteiger partial charge in [0, 0.05) is 27.2 Å². The smallest absolute Gasteiger partial charge is 0.305 e. The molecule has 0 radical (unpaired) electrons. The minimum absolute atomic E-state index is 0.0473. The summed E-state index contributed by atoms with van der Waals surface area (Å²) >= 11 is 16.0. The lowest BCUT2D eigenvalue weighted by Gasteiger charge is -2.12. The van der Waals surface area contributed by atoms with Crippen LogP contribution in [0, 0.1) is 0 Å². The Morgan fingerprint density at radius 3 is 2.79 bits per heavy atom. The summed E-state index contributed by atoms with van der Waals surface area (Å²) in [5, 5.41) is 9.47. The van der Waals surface area contributed by atoms with Gasteiger partial charge in [0.1, 0.15) is 16.7 Å².